The number of hydrogen-bond acceptors (Lipinski definition) is 6. The Morgan fingerprint density at radius 3 is 2.57 bits per heavy atom. The zero-order valence-corrected chi connectivity index (χ0v) is 20.0. The molecule has 6 nitrogen and oxygen atoms in total. The molecule has 0 radical (unpaired) electrons. The first kappa shape index (κ1) is 24.8. The van der Waals surface area contributed by atoms with Gasteiger partial charge in [0.1, 0.15) is 32.7 Å². The number of hydrogen-bond donors (Lipinski definition) is 1. The fourth-order valence-electron chi connectivity index (χ4n) is 3.78. The number of nitrogens with one attached hydrogen (secondary N) is 1. The van der Waals surface area contributed by atoms with Crippen LogP contribution < -0.4 is 10.1 Å². The Bertz CT molecular complexity index is 1500. The number of pyridine rings is 1. The molecule has 0 bridgehead atoms. The number of halogens is 4. The number of thiazole rings is 1. The van der Waals surface area contributed by atoms with Crippen molar-refractivity contribution in [3.8, 4) is 11.6 Å². The summed E-state index contributed by atoms with van der Waals surface area (Å²) in [7, 11) is 0. The normalized spacial score (nSPS) is 13.5. The number of benzene rings is 2. The van der Waals surface area contributed by atoms with E-state index in [1.54, 1.807) is 12.1 Å². The SMILES string of the molecule is O=C(Cc1ccccc1C(F)(F)F)Nc1cc(Oc2ccc3nc(CC(=O)C4CC4)sc3n2)ccc1F. The third-order valence-electron chi connectivity index (χ3n) is 5.74. The summed E-state index contributed by atoms with van der Waals surface area (Å²) in [5, 5.41) is 2.98. The Morgan fingerprint density at radius 1 is 1.03 bits per heavy atom. The molecule has 1 saturated carbocycles. The van der Waals surface area contributed by atoms with Crippen LogP contribution in [0, 0.1) is 11.7 Å². The van der Waals surface area contributed by atoms with Crippen LogP contribution in [0.5, 0.6) is 11.6 Å². The molecule has 1 amide bonds. The number of rotatable bonds is 8. The third-order valence-corrected chi connectivity index (χ3v) is 6.71. The molecule has 0 saturated heterocycles. The number of alkyl halides is 3. The highest BCUT2D eigenvalue weighted by atomic mass is 32.1. The van der Waals surface area contributed by atoms with E-state index in [0.717, 1.165) is 25.0 Å². The number of aromatic nitrogens is 2. The van der Waals surface area contributed by atoms with Crippen LogP contribution in [0.15, 0.2) is 54.6 Å². The maximum absolute atomic E-state index is 14.4. The first-order valence-electron chi connectivity index (χ1n) is 11.4. The first-order chi connectivity index (χ1) is 17.7. The number of nitrogens with zero attached hydrogens (tertiary/aromatic N) is 2. The second kappa shape index (κ2) is 9.89. The molecule has 11 heteroatoms. The lowest BCUT2D eigenvalue weighted by atomic mass is 10.0. The number of anilines is 1. The van der Waals surface area contributed by atoms with E-state index in [1.807, 2.05) is 0 Å². The van der Waals surface area contributed by atoms with E-state index in [0.29, 0.717) is 15.4 Å². The van der Waals surface area contributed by atoms with E-state index >= 15 is 0 Å². The van der Waals surface area contributed by atoms with E-state index in [-0.39, 0.29) is 41.0 Å². The van der Waals surface area contributed by atoms with Gasteiger partial charge in [0.15, 0.2) is 0 Å². The molecule has 2 aromatic heterocycles. The van der Waals surface area contributed by atoms with Crippen molar-refractivity contribution in [1.29, 1.82) is 0 Å². The quantitative estimate of drug-likeness (QED) is 0.269. The Morgan fingerprint density at radius 2 is 1.81 bits per heavy atom. The summed E-state index contributed by atoms with van der Waals surface area (Å²) in [6, 6.07) is 11.6. The van der Waals surface area contributed by atoms with Crippen molar-refractivity contribution in [3.05, 3.63) is 76.5 Å². The van der Waals surface area contributed by atoms with Gasteiger partial charge in [-0.3, -0.25) is 9.59 Å². The zero-order chi connectivity index (χ0) is 26.2. The second-order valence-electron chi connectivity index (χ2n) is 8.62. The van der Waals surface area contributed by atoms with Gasteiger partial charge in [0, 0.05) is 18.1 Å². The Balaban J connectivity index is 1.28. The van der Waals surface area contributed by atoms with Gasteiger partial charge in [-0.15, -0.1) is 0 Å². The summed E-state index contributed by atoms with van der Waals surface area (Å²) in [5.41, 5.74) is -0.762. The molecular weight excluding hydrogens is 510 g/mol. The van der Waals surface area contributed by atoms with Crippen molar-refractivity contribution in [3.63, 3.8) is 0 Å². The summed E-state index contributed by atoms with van der Waals surface area (Å²) in [6.07, 6.45) is -3.07. The average Bonchev–Trinajstić information content (AvgIpc) is 3.62. The fraction of sp³-hybridized carbons (Fsp3) is 0.231. The molecule has 0 atom stereocenters. The summed E-state index contributed by atoms with van der Waals surface area (Å²) in [6.45, 7) is 0. The number of amides is 1. The average molecular weight is 530 g/mol. The highest BCUT2D eigenvalue weighted by molar-refractivity contribution is 7.18. The summed E-state index contributed by atoms with van der Waals surface area (Å²) in [4.78, 5) is 33.9. The van der Waals surface area contributed by atoms with E-state index in [1.165, 1.54) is 41.7 Å². The summed E-state index contributed by atoms with van der Waals surface area (Å²) in [5.74, 6) is -0.914. The smallest absolute Gasteiger partial charge is 0.416 e. The fourth-order valence-corrected chi connectivity index (χ4v) is 4.71. The molecule has 37 heavy (non-hydrogen) atoms. The number of fused-ring (bicyclic) bond motifs is 1. The lowest BCUT2D eigenvalue weighted by Gasteiger charge is -2.13. The molecule has 1 fully saturated rings. The minimum Gasteiger partial charge on any atom is -0.439 e. The molecule has 1 N–H and O–H groups in total. The lowest BCUT2D eigenvalue weighted by molar-refractivity contribution is -0.138. The van der Waals surface area contributed by atoms with Crippen molar-refractivity contribution in [1.82, 2.24) is 9.97 Å². The van der Waals surface area contributed by atoms with Crippen LogP contribution in [0.2, 0.25) is 0 Å². The van der Waals surface area contributed by atoms with Gasteiger partial charge in [-0.1, -0.05) is 29.5 Å². The van der Waals surface area contributed by atoms with E-state index in [4.69, 9.17) is 4.74 Å². The predicted octanol–water partition coefficient (Wildman–Crippen LogP) is 6.34. The minimum atomic E-state index is -4.62. The molecule has 2 heterocycles. The Labute approximate surface area is 212 Å². The van der Waals surface area contributed by atoms with Crippen LogP contribution in [0.4, 0.5) is 23.2 Å². The molecule has 5 rings (SSSR count). The van der Waals surface area contributed by atoms with E-state index in [9.17, 15) is 27.2 Å². The molecule has 0 unspecified atom stereocenters. The molecule has 1 aliphatic rings. The number of carbonyl (C=O) groups is 2. The van der Waals surface area contributed by atoms with Gasteiger partial charge in [0.05, 0.1) is 24.1 Å². The van der Waals surface area contributed by atoms with Gasteiger partial charge in [0.25, 0.3) is 0 Å². The second-order valence-corrected chi connectivity index (χ2v) is 9.68. The zero-order valence-electron chi connectivity index (χ0n) is 19.1. The van der Waals surface area contributed by atoms with Gasteiger partial charge < -0.3 is 10.1 Å². The first-order valence-corrected chi connectivity index (χ1v) is 12.2. The van der Waals surface area contributed by atoms with E-state index in [2.05, 4.69) is 15.3 Å². The van der Waals surface area contributed by atoms with E-state index < -0.39 is 29.9 Å². The molecule has 1 aliphatic carbocycles. The highest BCUT2D eigenvalue weighted by Crippen LogP contribution is 2.34. The number of ketones is 1. The third kappa shape index (κ3) is 5.93. The number of ether oxygens (including phenoxy) is 1. The Kier molecular flexibility index (Phi) is 6.63. The van der Waals surface area contributed by atoms with Crippen molar-refractivity contribution in [2.45, 2.75) is 31.9 Å². The molecule has 0 aliphatic heterocycles. The molecular formula is C26H19F4N3O3S. The van der Waals surface area contributed by atoms with Crippen molar-refractivity contribution in [2.24, 2.45) is 5.92 Å². The van der Waals surface area contributed by atoms with Crippen molar-refractivity contribution in [2.75, 3.05) is 5.32 Å². The van der Waals surface area contributed by atoms with Crippen LogP contribution in [-0.2, 0) is 28.6 Å². The molecule has 4 aromatic rings. The summed E-state index contributed by atoms with van der Waals surface area (Å²) >= 11 is 1.29. The van der Waals surface area contributed by atoms with Gasteiger partial charge in [-0.25, -0.2) is 14.4 Å². The maximum atomic E-state index is 14.4. The van der Waals surface area contributed by atoms with Gasteiger partial charge in [-0.2, -0.15) is 13.2 Å². The van der Waals surface area contributed by atoms with Gasteiger partial charge in [-0.05, 0) is 42.7 Å². The van der Waals surface area contributed by atoms with Crippen LogP contribution >= 0.6 is 11.3 Å². The van der Waals surface area contributed by atoms with Crippen LogP contribution in [0.1, 0.15) is 29.0 Å². The van der Waals surface area contributed by atoms with Crippen molar-refractivity contribution >= 4 is 39.1 Å². The monoisotopic (exact) mass is 529 g/mol. The van der Waals surface area contributed by atoms with Gasteiger partial charge >= 0.3 is 6.18 Å². The maximum Gasteiger partial charge on any atom is 0.416 e. The minimum absolute atomic E-state index is 0.145. The molecule has 190 valence electrons. The largest absolute Gasteiger partial charge is 0.439 e. The summed E-state index contributed by atoms with van der Waals surface area (Å²) < 4.78 is 59.7. The Hall–Kier alpha value is -3.86. The lowest BCUT2D eigenvalue weighted by Crippen LogP contribution is -2.18. The van der Waals surface area contributed by atoms with Crippen LogP contribution in [-0.4, -0.2) is 21.7 Å². The molecule has 2 aromatic carbocycles. The van der Waals surface area contributed by atoms with Crippen LogP contribution in [0.3, 0.4) is 0 Å². The predicted molar refractivity (Wildman–Crippen MR) is 129 cm³/mol. The topological polar surface area (TPSA) is 81.2 Å². The number of carbonyl (C=O) groups excluding carboxylic acids is 2. The number of Topliss-reactive ketones (excluding diaryl/α,β-unsaturated/α-hetero) is 1. The molecule has 0 spiro atoms. The van der Waals surface area contributed by atoms with Crippen molar-refractivity contribution < 1.29 is 31.9 Å². The highest BCUT2D eigenvalue weighted by Gasteiger charge is 2.33. The standard InChI is InChI=1S/C26H19F4N3O3S/c27-18-8-7-16(12-20(18)31-22(35)11-15-3-1-2-4-17(15)26(28,29)30)36-23-10-9-19-25(33-23)37-24(32-19)13-21(34)14-5-6-14/h1-4,7-10,12,14H,5-6,11,13H2,(H,31,35). The van der Waals surface area contributed by atoms with Crippen LogP contribution in [0.25, 0.3) is 10.3 Å². The van der Waals surface area contributed by atoms with Gasteiger partial charge in [0.2, 0.25) is 11.8 Å².